The summed E-state index contributed by atoms with van der Waals surface area (Å²) in [6.07, 6.45) is 0. The van der Waals surface area contributed by atoms with Gasteiger partial charge in [0.25, 0.3) is 0 Å². The summed E-state index contributed by atoms with van der Waals surface area (Å²) in [7, 11) is -1.01. The van der Waals surface area contributed by atoms with Gasteiger partial charge in [0.1, 0.15) is 5.01 Å². The van der Waals surface area contributed by atoms with Crippen molar-refractivity contribution in [1.82, 2.24) is 4.98 Å². The van der Waals surface area contributed by atoms with Crippen molar-refractivity contribution in [3.63, 3.8) is 0 Å². The van der Waals surface area contributed by atoms with Gasteiger partial charge in [-0.1, -0.05) is 36.3 Å². The Bertz CT molecular complexity index is 1250. The van der Waals surface area contributed by atoms with Crippen molar-refractivity contribution < 1.29 is 20.3 Å². The molecule has 1 aliphatic rings. The predicted octanol–water partition coefficient (Wildman–Crippen LogP) is 4.26. The van der Waals surface area contributed by atoms with E-state index in [0.717, 1.165) is 11.3 Å². The van der Waals surface area contributed by atoms with E-state index >= 15 is 0 Å². The first-order valence-electron chi connectivity index (χ1n) is 11.5. The molecule has 0 bridgehead atoms. The van der Waals surface area contributed by atoms with Gasteiger partial charge in [-0.25, -0.2) is 4.98 Å². The Hall–Kier alpha value is -1.69. The first-order valence-corrected chi connectivity index (χ1v) is 8.34. The molecule has 0 unspecified atom stereocenters. The zero-order valence-electron chi connectivity index (χ0n) is 21.7. The summed E-state index contributed by atoms with van der Waals surface area (Å²) in [5, 5.41) is 0.0875. The normalized spacial score (nSPS) is 23.8. The van der Waals surface area contributed by atoms with E-state index in [1.807, 2.05) is 27.7 Å². The van der Waals surface area contributed by atoms with Crippen molar-refractivity contribution in [3.8, 4) is 10.6 Å². The lowest BCUT2D eigenvalue weighted by Gasteiger charge is -2.32. The van der Waals surface area contributed by atoms with Gasteiger partial charge in [0.2, 0.25) is 0 Å². The third-order valence-electron chi connectivity index (χ3n) is 4.39. The van der Waals surface area contributed by atoms with Crippen LogP contribution in [0.15, 0.2) is 48.3 Å². The summed E-state index contributed by atoms with van der Waals surface area (Å²) in [4.78, 5) is 4.30. The van der Waals surface area contributed by atoms with Crippen molar-refractivity contribution in [2.24, 2.45) is 0 Å². The van der Waals surface area contributed by atoms with Crippen molar-refractivity contribution in [2.75, 3.05) is 0 Å². The van der Waals surface area contributed by atoms with Crippen LogP contribution in [0.5, 0.6) is 0 Å². The van der Waals surface area contributed by atoms with Crippen LogP contribution >= 0.6 is 11.3 Å². The maximum Gasteiger partial charge on any atom is 0.494 e. The number of fused-ring (bicyclic) bond motifs is 1. The Kier molecular flexibility index (Phi) is 2.06. The van der Waals surface area contributed by atoms with Crippen LogP contribution in [0.3, 0.4) is 0 Å². The number of rotatable bonds is 2. The fraction of sp³-hybridized carbons (Fsp3) is 0.316. The van der Waals surface area contributed by atoms with E-state index in [2.05, 4.69) is 4.98 Å². The molecule has 0 aliphatic carbocycles. The molecule has 24 heavy (non-hydrogen) atoms. The second kappa shape index (κ2) is 5.41. The fourth-order valence-electron chi connectivity index (χ4n) is 2.31. The third kappa shape index (κ3) is 2.57. The summed E-state index contributed by atoms with van der Waals surface area (Å²) >= 11 is 0.943. The van der Waals surface area contributed by atoms with Crippen LogP contribution in [-0.2, 0) is 9.31 Å². The van der Waals surface area contributed by atoms with Crippen LogP contribution in [0.1, 0.15) is 38.7 Å². The lowest BCUT2D eigenvalue weighted by atomic mass is 9.79. The van der Waals surface area contributed by atoms with Gasteiger partial charge in [-0.05, 0) is 45.2 Å². The molecule has 1 aliphatic heterocycles. The molecule has 0 atom stereocenters. The van der Waals surface area contributed by atoms with Gasteiger partial charge in [-0.15, -0.1) is 11.3 Å². The second-order valence-electron chi connectivity index (χ2n) is 6.57. The summed E-state index contributed by atoms with van der Waals surface area (Å²) in [5.41, 5.74) is -1.32. The molecule has 2 aromatic carbocycles. The molecule has 5 heteroatoms. The van der Waals surface area contributed by atoms with Crippen LogP contribution in [0, 0.1) is 0 Å². The van der Waals surface area contributed by atoms with Gasteiger partial charge < -0.3 is 9.31 Å². The number of hydrogen-bond acceptors (Lipinski definition) is 4. The van der Waals surface area contributed by atoms with Crippen LogP contribution in [0.25, 0.3) is 20.8 Å². The topological polar surface area (TPSA) is 31.4 Å². The van der Waals surface area contributed by atoms with Crippen molar-refractivity contribution in [3.05, 3.63) is 48.3 Å². The zero-order chi connectivity index (χ0) is 23.9. The molecule has 0 spiro atoms. The highest BCUT2D eigenvalue weighted by Crippen LogP contribution is 2.37. The molecule has 1 saturated heterocycles. The Labute approximate surface area is 158 Å². The number of nitrogens with zero attached hydrogens (tertiary/aromatic N) is 1. The lowest BCUT2D eigenvalue weighted by Crippen LogP contribution is -2.41. The second-order valence-corrected chi connectivity index (χ2v) is 7.57. The molecule has 0 N–H and O–H groups in total. The van der Waals surface area contributed by atoms with E-state index in [1.54, 1.807) is 0 Å². The van der Waals surface area contributed by atoms with Gasteiger partial charge >= 0.3 is 7.12 Å². The molecule has 3 aromatic rings. The van der Waals surface area contributed by atoms with E-state index in [9.17, 15) is 0 Å². The SMILES string of the molecule is [2H]c1c([2H])c([2H])c(-c2nc3c([2H])c([2H])c(B4OC(C)(C)C(C)(C)O4)c([2H])c3s2)c([2H])c1[2H]. The minimum atomic E-state index is -1.01. The zero-order valence-corrected chi connectivity index (χ0v) is 14.6. The minimum absolute atomic E-state index is 0.0621. The average Bonchev–Trinajstić information content (AvgIpc) is 3.22. The molecule has 3 nitrogen and oxygen atoms in total. The number of aromatic nitrogens is 1. The molecule has 2 heterocycles. The molecular weight excluding hydrogens is 317 g/mol. The first kappa shape index (κ1) is 9.13. The smallest absolute Gasteiger partial charge is 0.399 e. The molecule has 1 fully saturated rings. The standard InChI is InChI=1S/C19H20BNO2S/c1-18(2)19(3,4)23-20(22-18)14-10-11-15-16(12-14)24-17(21-15)13-8-6-5-7-9-13/h5-12H,1-4H3/i5D,6D,7D,8D,9D,10D,11D,12D. The van der Waals surface area contributed by atoms with E-state index in [4.69, 9.17) is 20.3 Å². The maximum absolute atomic E-state index is 8.71. The van der Waals surface area contributed by atoms with E-state index in [0.29, 0.717) is 0 Å². The maximum atomic E-state index is 8.71. The van der Waals surface area contributed by atoms with Gasteiger partial charge in [-0.3, -0.25) is 0 Å². The molecule has 0 saturated carbocycles. The monoisotopic (exact) mass is 345 g/mol. The molecule has 4 rings (SSSR count). The van der Waals surface area contributed by atoms with Crippen LogP contribution < -0.4 is 5.46 Å². The van der Waals surface area contributed by atoms with Gasteiger partial charge in [0.05, 0.1) is 32.4 Å². The van der Waals surface area contributed by atoms with E-state index < -0.39 is 48.5 Å². The first-order chi connectivity index (χ1) is 14.7. The molecule has 0 amide bonds. The Morgan fingerprint density at radius 2 is 1.67 bits per heavy atom. The highest BCUT2D eigenvalue weighted by molar-refractivity contribution is 7.21. The largest absolute Gasteiger partial charge is 0.494 e. The summed E-state index contributed by atoms with van der Waals surface area (Å²) in [6.45, 7) is 7.40. The quantitative estimate of drug-likeness (QED) is 0.650. The van der Waals surface area contributed by atoms with E-state index in [-0.39, 0.29) is 44.4 Å². The summed E-state index contributed by atoms with van der Waals surface area (Å²) in [6, 6.07) is -2.89. The Morgan fingerprint density at radius 1 is 1.00 bits per heavy atom. The van der Waals surface area contributed by atoms with E-state index in [1.165, 1.54) is 0 Å². The highest BCUT2D eigenvalue weighted by atomic mass is 32.1. The molecule has 122 valence electrons. The number of hydrogen-bond donors (Lipinski definition) is 0. The third-order valence-corrected chi connectivity index (χ3v) is 5.38. The number of benzene rings is 2. The molecule has 0 radical (unpaired) electrons. The summed E-state index contributed by atoms with van der Waals surface area (Å²) < 4.78 is 77.8. The predicted molar refractivity (Wildman–Crippen MR) is 101 cm³/mol. The minimum Gasteiger partial charge on any atom is -0.399 e. The van der Waals surface area contributed by atoms with Gasteiger partial charge in [0.15, 0.2) is 0 Å². The number of thiazole rings is 1. The highest BCUT2D eigenvalue weighted by Gasteiger charge is 2.51. The fourth-order valence-corrected chi connectivity index (χ4v) is 3.20. The average molecular weight is 345 g/mol. The van der Waals surface area contributed by atoms with Gasteiger partial charge in [0, 0.05) is 5.56 Å². The van der Waals surface area contributed by atoms with Crippen molar-refractivity contribution in [1.29, 1.82) is 0 Å². The van der Waals surface area contributed by atoms with Crippen LogP contribution in [0.4, 0.5) is 0 Å². The van der Waals surface area contributed by atoms with Crippen LogP contribution in [-0.4, -0.2) is 23.3 Å². The van der Waals surface area contributed by atoms with Gasteiger partial charge in [-0.2, -0.15) is 0 Å². The Balaban J connectivity index is 1.95. The van der Waals surface area contributed by atoms with Crippen molar-refractivity contribution >= 4 is 34.1 Å². The Morgan fingerprint density at radius 3 is 2.33 bits per heavy atom. The molecular formula is C19H20BNO2S. The molecule has 1 aromatic heterocycles. The lowest BCUT2D eigenvalue weighted by molar-refractivity contribution is 0.00578. The van der Waals surface area contributed by atoms with Crippen LogP contribution in [0.2, 0.25) is 0 Å². The van der Waals surface area contributed by atoms with Crippen molar-refractivity contribution in [2.45, 2.75) is 38.9 Å². The summed E-state index contributed by atoms with van der Waals surface area (Å²) in [5.74, 6) is 0.